The third-order valence-electron chi connectivity index (χ3n) is 7.25. The maximum absolute atomic E-state index is 5.80. The molecule has 0 aliphatic heterocycles. The van der Waals surface area contributed by atoms with Crippen molar-refractivity contribution in [3.05, 3.63) is 130 Å². The molecule has 2 nitrogen and oxygen atoms in total. The fraction of sp³-hybridized carbons (Fsp3) is 0.250. The van der Waals surface area contributed by atoms with Crippen LogP contribution in [0.5, 0.6) is 0 Å². The van der Waals surface area contributed by atoms with Crippen molar-refractivity contribution >= 4 is 11.4 Å². The Bertz CT molecular complexity index is 1080. The van der Waals surface area contributed by atoms with Crippen molar-refractivity contribution < 1.29 is 0 Å². The number of nitrogens with two attached hydrogens (primary N) is 2. The minimum Gasteiger partial charge on any atom is -0.399 e. The number of rotatable bonds is 9. The molecule has 0 heterocycles. The lowest BCUT2D eigenvalue weighted by atomic mass is 9.74. The van der Waals surface area contributed by atoms with E-state index in [9.17, 15) is 0 Å². The van der Waals surface area contributed by atoms with Crippen LogP contribution in [0.4, 0.5) is 11.4 Å². The summed E-state index contributed by atoms with van der Waals surface area (Å²) in [6, 6.07) is 34.8. The zero-order chi connectivity index (χ0) is 24.0. The second-order valence-corrected chi connectivity index (χ2v) is 9.56. The molecular weight excluding hydrogens is 412 g/mol. The van der Waals surface area contributed by atoms with E-state index in [-0.39, 0.29) is 5.41 Å². The molecule has 0 bridgehead atoms. The molecule has 4 aromatic rings. The first-order valence-electron chi connectivity index (χ1n) is 12.3. The van der Waals surface area contributed by atoms with Crippen LogP contribution in [0.2, 0.25) is 0 Å². The molecule has 34 heavy (non-hydrogen) atoms. The van der Waals surface area contributed by atoms with Gasteiger partial charge >= 0.3 is 0 Å². The Kier molecular flexibility index (Phi) is 7.37. The van der Waals surface area contributed by atoms with E-state index in [4.69, 9.17) is 11.5 Å². The highest BCUT2D eigenvalue weighted by Gasteiger charge is 2.26. The Balaban J connectivity index is 1.41. The van der Waals surface area contributed by atoms with E-state index in [0.717, 1.165) is 43.5 Å². The van der Waals surface area contributed by atoms with E-state index < -0.39 is 0 Å². The molecule has 0 saturated carbocycles. The van der Waals surface area contributed by atoms with Gasteiger partial charge in [0.05, 0.1) is 0 Å². The lowest BCUT2D eigenvalue weighted by Gasteiger charge is -2.30. The van der Waals surface area contributed by atoms with E-state index in [1.807, 2.05) is 24.3 Å². The Morgan fingerprint density at radius 1 is 0.471 bits per heavy atom. The summed E-state index contributed by atoms with van der Waals surface area (Å²) in [5, 5.41) is 0. The maximum atomic E-state index is 5.80. The zero-order valence-electron chi connectivity index (χ0n) is 20.4. The molecule has 0 atom stereocenters. The van der Waals surface area contributed by atoms with Gasteiger partial charge in [-0.25, -0.2) is 0 Å². The van der Waals surface area contributed by atoms with Crippen molar-refractivity contribution in [3.63, 3.8) is 0 Å². The van der Waals surface area contributed by atoms with Crippen molar-refractivity contribution in [2.24, 2.45) is 0 Å². The van der Waals surface area contributed by atoms with Gasteiger partial charge in [-0.2, -0.15) is 0 Å². The Hall–Kier alpha value is -3.52. The van der Waals surface area contributed by atoms with Crippen LogP contribution in [-0.4, -0.2) is 0 Å². The lowest BCUT2D eigenvalue weighted by molar-refractivity contribution is 0.549. The summed E-state index contributed by atoms with van der Waals surface area (Å²) in [7, 11) is 0. The van der Waals surface area contributed by atoms with Crippen molar-refractivity contribution in [2.45, 2.75) is 51.4 Å². The predicted octanol–water partition coefficient (Wildman–Crippen LogP) is 7.14. The van der Waals surface area contributed by atoms with Crippen molar-refractivity contribution in [2.75, 3.05) is 11.5 Å². The minimum absolute atomic E-state index is 0.00493. The highest BCUT2D eigenvalue weighted by atomic mass is 14.5. The fourth-order valence-electron chi connectivity index (χ4n) is 4.60. The molecule has 0 fully saturated rings. The van der Waals surface area contributed by atoms with Crippen LogP contribution in [0, 0.1) is 0 Å². The molecule has 2 heteroatoms. The molecule has 0 spiro atoms. The predicted molar refractivity (Wildman–Crippen MR) is 146 cm³/mol. The summed E-state index contributed by atoms with van der Waals surface area (Å²) in [5.41, 5.74) is 21.4. The van der Waals surface area contributed by atoms with E-state index >= 15 is 0 Å². The topological polar surface area (TPSA) is 52.0 Å². The smallest absolute Gasteiger partial charge is 0.0314 e. The van der Waals surface area contributed by atoms with E-state index in [1.54, 1.807) is 0 Å². The van der Waals surface area contributed by atoms with Crippen LogP contribution < -0.4 is 11.5 Å². The molecule has 4 N–H and O–H groups in total. The first-order valence-corrected chi connectivity index (χ1v) is 12.3. The first kappa shape index (κ1) is 23.6. The van der Waals surface area contributed by atoms with E-state index in [2.05, 4.69) is 86.6 Å². The molecule has 4 rings (SSSR count). The molecular formula is C32H36N2. The molecule has 174 valence electrons. The Morgan fingerprint density at radius 2 is 0.735 bits per heavy atom. The minimum atomic E-state index is 0.00493. The highest BCUT2D eigenvalue weighted by molar-refractivity contribution is 5.42. The molecule has 0 aromatic heterocycles. The van der Waals surface area contributed by atoms with Gasteiger partial charge in [-0.15, -0.1) is 0 Å². The summed E-state index contributed by atoms with van der Waals surface area (Å²) in [6.07, 6.45) is 5.19. The second kappa shape index (κ2) is 10.6. The highest BCUT2D eigenvalue weighted by Crippen LogP contribution is 2.35. The number of anilines is 2. The van der Waals surface area contributed by atoms with Crippen LogP contribution in [0.25, 0.3) is 0 Å². The summed E-state index contributed by atoms with van der Waals surface area (Å²) in [6.45, 7) is 4.64. The van der Waals surface area contributed by atoms with Crippen LogP contribution >= 0.6 is 0 Å². The normalized spacial score (nSPS) is 11.5. The van der Waals surface area contributed by atoms with Crippen molar-refractivity contribution in [1.29, 1.82) is 0 Å². The van der Waals surface area contributed by atoms with Gasteiger partial charge in [0, 0.05) is 16.8 Å². The Labute approximate surface area is 204 Å². The van der Waals surface area contributed by atoms with E-state index in [0.29, 0.717) is 0 Å². The summed E-state index contributed by atoms with van der Waals surface area (Å²) in [5.74, 6) is 0. The summed E-state index contributed by atoms with van der Waals surface area (Å²) < 4.78 is 0. The van der Waals surface area contributed by atoms with Crippen LogP contribution in [0.1, 0.15) is 53.6 Å². The standard InChI is InChI=1S/C32H36N2/c1-3-32(2,28-16-8-24(9-17-28)4-6-26-12-20-30(33)21-13-26)29-18-10-25(11-19-29)5-7-27-14-22-31(34)23-15-27/h8-23H,3-7,33-34H2,1-2H3. The monoisotopic (exact) mass is 448 g/mol. The largest absolute Gasteiger partial charge is 0.399 e. The average Bonchev–Trinajstić information content (AvgIpc) is 2.88. The number of nitrogen functional groups attached to an aromatic ring is 2. The van der Waals surface area contributed by atoms with Gasteiger partial charge < -0.3 is 11.5 Å². The molecule has 0 saturated heterocycles. The quantitative estimate of drug-likeness (QED) is 0.267. The zero-order valence-corrected chi connectivity index (χ0v) is 20.4. The number of hydrogen-bond donors (Lipinski definition) is 2. The number of hydrogen-bond acceptors (Lipinski definition) is 2. The van der Waals surface area contributed by atoms with Crippen molar-refractivity contribution in [3.8, 4) is 0 Å². The summed E-state index contributed by atoms with van der Waals surface area (Å²) >= 11 is 0. The number of aryl methyl sites for hydroxylation is 4. The van der Waals surface area contributed by atoms with Gasteiger partial charge in [-0.1, -0.05) is 86.6 Å². The fourth-order valence-corrected chi connectivity index (χ4v) is 4.60. The van der Waals surface area contributed by atoms with Gasteiger partial charge in [-0.05, 0) is 89.8 Å². The molecule has 0 aliphatic carbocycles. The average molecular weight is 449 g/mol. The van der Waals surface area contributed by atoms with Gasteiger partial charge in [0.15, 0.2) is 0 Å². The second-order valence-electron chi connectivity index (χ2n) is 9.56. The van der Waals surface area contributed by atoms with Gasteiger partial charge in [-0.3, -0.25) is 0 Å². The molecule has 0 radical (unpaired) electrons. The third-order valence-corrected chi connectivity index (χ3v) is 7.25. The van der Waals surface area contributed by atoms with Gasteiger partial charge in [0.1, 0.15) is 0 Å². The third kappa shape index (κ3) is 5.69. The van der Waals surface area contributed by atoms with Crippen LogP contribution in [0.3, 0.4) is 0 Å². The van der Waals surface area contributed by atoms with Crippen LogP contribution in [-0.2, 0) is 31.1 Å². The van der Waals surface area contributed by atoms with Crippen LogP contribution in [0.15, 0.2) is 97.1 Å². The lowest BCUT2D eigenvalue weighted by Crippen LogP contribution is -2.22. The summed E-state index contributed by atoms with van der Waals surface area (Å²) in [4.78, 5) is 0. The van der Waals surface area contributed by atoms with E-state index in [1.165, 1.54) is 33.4 Å². The van der Waals surface area contributed by atoms with Gasteiger partial charge in [0.25, 0.3) is 0 Å². The molecule has 4 aromatic carbocycles. The molecule has 0 unspecified atom stereocenters. The molecule has 0 amide bonds. The Morgan fingerprint density at radius 3 is 1.00 bits per heavy atom. The SMILES string of the molecule is CCC(C)(c1ccc(CCc2ccc(N)cc2)cc1)c1ccc(CCc2ccc(N)cc2)cc1. The molecule has 0 aliphatic rings. The van der Waals surface area contributed by atoms with Gasteiger partial charge in [0.2, 0.25) is 0 Å². The maximum Gasteiger partial charge on any atom is 0.0314 e. The first-order chi connectivity index (χ1) is 16.5. The number of benzene rings is 4. The van der Waals surface area contributed by atoms with Crippen molar-refractivity contribution in [1.82, 2.24) is 0 Å².